The number of ether oxygens (including phenoxy) is 1. The van der Waals surface area contributed by atoms with Crippen molar-refractivity contribution in [1.29, 1.82) is 0 Å². The Hall–Kier alpha value is -3.50. The number of hydrazone groups is 1. The fraction of sp³-hybridized carbons (Fsp3) is 0.286. The summed E-state index contributed by atoms with van der Waals surface area (Å²) < 4.78 is 5.01. The topological polar surface area (TPSA) is 149 Å². The number of nitro groups is 2. The Balaban J connectivity index is 2.53. The minimum Gasteiger partial charge on any atom is -0.463 e. The maximum Gasteiger partial charge on any atom is 0.338 e. The highest BCUT2D eigenvalue weighted by Gasteiger charge is 2.33. The molecule has 11 heteroatoms. The lowest BCUT2D eigenvalue weighted by molar-refractivity contribution is -0.485. The molecule has 2 N–H and O–H groups in total. The monoisotopic (exact) mass is 349 g/mol. The van der Waals surface area contributed by atoms with Gasteiger partial charge in [-0.1, -0.05) is 12.1 Å². The number of non-ortho nitro benzene ring substituents is 1. The van der Waals surface area contributed by atoms with E-state index in [0.29, 0.717) is 11.3 Å². The molecule has 1 aliphatic heterocycles. The third kappa shape index (κ3) is 4.07. The standard InChI is InChI=1S/C14H15N5O6/c1-3-25-13(20)11-8(2)15-14(17-19(23)24)16-12(11)9-5-4-6-10(7-9)18(21)22/h4-7,12H,3H2,1-2H3,(H2,15,16,17)/t12-/m0/s1. The minimum absolute atomic E-state index is 0.132. The molecule has 1 atom stereocenters. The van der Waals surface area contributed by atoms with Crippen LogP contribution in [0.2, 0.25) is 0 Å². The SMILES string of the molecule is CCOC(=O)C1=C(C)N/C(=N\[N+](=O)[O-])N[C@H]1c1cccc([N+](=O)[O-])c1. The normalized spacial score (nSPS) is 18.3. The first-order chi connectivity index (χ1) is 11.8. The molecule has 2 rings (SSSR count). The van der Waals surface area contributed by atoms with Gasteiger partial charge in [0.1, 0.15) is 5.10 Å². The van der Waals surface area contributed by atoms with E-state index in [-0.39, 0.29) is 23.8 Å². The molecule has 1 heterocycles. The van der Waals surface area contributed by atoms with Crippen LogP contribution in [0.3, 0.4) is 0 Å². The van der Waals surface area contributed by atoms with E-state index in [1.165, 1.54) is 25.1 Å². The van der Waals surface area contributed by atoms with Crippen LogP contribution in [-0.2, 0) is 9.53 Å². The van der Waals surface area contributed by atoms with Crippen molar-refractivity contribution in [2.24, 2.45) is 5.10 Å². The lowest BCUT2D eigenvalue weighted by Crippen LogP contribution is -2.46. The highest BCUT2D eigenvalue weighted by atomic mass is 16.7. The Morgan fingerprint density at radius 2 is 2.08 bits per heavy atom. The highest BCUT2D eigenvalue weighted by molar-refractivity contribution is 5.96. The summed E-state index contributed by atoms with van der Waals surface area (Å²) in [5.41, 5.74) is 0.652. The molecule has 0 saturated carbocycles. The summed E-state index contributed by atoms with van der Waals surface area (Å²) >= 11 is 0. The van der Waals surface area contributed by atoms with Gasteiger partial charge in [0.05, 0.1) is 23.1 Å². The van der Waals surface area contributed by atoms with Crippen LogP contribution in [0.5, 0.6) is 0 Å². The van der Waals surface area contributed by atoms with E-state index >= 15 is 0 Å². The first kappa shape index (κ1) is 17.8. The first-order valence-electron chi connectivity index (χ1n) is 7.22. The molecule has 0 radical (unpaired) electrons. The third-order valence-electron chi connectivity index (χ3n) is 3.37. The van der Waals surface area contributed by atoms with Crippen LogP contribution in [0.25, 0.3) is 0 Å². The number of benzene rings is 1. The first-order valence-corrected chi connectivity index (χ1v) is 7.22. The molecule has 0 saturated heterocycles. The number of guanidine groups is 1. The van der Waals surface area contributed by atoms with Gasteiger partial charge in [-0.2, -0.15) is 0 Å². The van der Waals surface area contributed by atoms with Gasteiger partial charge in [-0.3, -0.25) is 10.1 Å². The van der Waals surface area contributed by atoms with E-state index in [1.807, 2.05) is 0 Å². The van der Waals surface area contributed by atoms with Crippen LogP contribution in [0.1, 0.15) is 25.5 Å². The third-order valence-corrected chi connectivity index (χ3v) is 3.37. The van der Waals surface area contributed by atoms with Gasteiger partial charge in [-0.25, -0.2) is 14.9 Å². The van der Waals surface area contributed by atoms with Gasteiger partial charge in [0.2, 0.25) is 0 Å². The van der Waals surface area contributed by atoms with Crippen LogP contribution in [-0.4, -0.2) is 28.5 Å². The largest absolute Gasteiger partial charge is 0.463 e. The number of hydrogen-bond donors (Lipinski definition) is 2. The van der Waals surface area contributed by atoms with Gasteiger partial charge >= 0.3 is 5.97 Å². The summed E-state index contributed by atoms with van der Waals surface area (Å²) in [6.45, 7) is 3.31. The molecule has 0 unspecified atom stereocenters. The van der Waals surface area contributed by atoms with Crippen molar-refractivity contribution in [2.45, 2.75) is 19.9 Å². The zero-order valence-electron chi connectivity index (χ0n) is 13.4. The molecule has 0 aliphatic carbocycles. The Kier molecular flexibility index (Phi) is 5.27. The minimum atomic E-state index is -0.900. The van der Waals surface area contributed by atoms with E-state index in [1.54, 1.807) is 13.0 Å². The van der Waals surface area contributed by atoms with Gasteiger partial charge in [-0.15, -0.1) is 0 Å². The molecule has 0 bridgehead atoms. The van der Waals surface area contributed by atoms with Crippen molar-refractivity contribution in [1.82, 2.24) is 10.6 Å². The number of rotatable bonds is 5. The van der Waals surface area contributed by atoms with Gasteiger partial charge in [0.15, 0.2) is 5.03 Å². The van der Waals surface area contributed by atoms with Gasteiger partial charge < -0.3 is 15.4 Å². The van der Waals surface area contributed by atoms with Gasteiger partial charge in [0.25, 0.3) is 11.6 Å². The number of nitrogens with one attached hydrogen (secondary N) is 2. The summed E-state index contributed by atoms with van der Waals surface area (Å²) in [4.78, 5) is 33.3. The van der Waals surface area contributed by atoms with Crippen LogP contribution in [0, 0.1) is 20.2 Å². The second-order valence-electron chi connectivity index (χ2n) is 5.00. The Labute approximate surface area is 141 Å². The van der Waals surface area contributed by atoms with Crippen LogP contribution < -0.4 is 10.6 Å². The molecular formula is C14H15N5O6. The second kappa shape index (κ2) is 7.38. The molecule has 11 nitrogen and oxygen atoms in total. The fourth-order valence-electron chi connectivity index (χ4n) is 2.39. The number of nitro benzene ring substituents is 1. The lowest BCUT2D eigenvalue weighted by Gasteiger charge is -2.28. The van der Waals surface area contributed by atoms with Crippen LogP contribution in [0.15, 0.2) is 40.6 Å². The van der Waals surface area contributed by atoms with Crippen molar-refractivity contribution < 1.29 is 19.5 Å². The van der Waals surface area contributed by atoms with E-state index in [0.717, 1.165) is 0 Å². The Bertz CT molecular complexity index is 788. The number of esters is 1. The second-order valence-corrected chi connectivity index (χ2v) is 5.00. The van der Waals surface area contributed by atoms with Crippen molar-refractivity contribution in [3.05, 3.63) is 61.3 Å². The number of carbonyl (C=O) groups is 1. The van der Waals surface area contributed by atoms with Crippen molar-refractivity contribution >= 4 is 17.6 Å². The molecule has 25 heavy (non-hydrogen) atoms. The summed E-state index contributed by atoms with van der Waals surface area (Å²) in [5.74, 6) is -0.830. The molecule has 1 aromatic carbocycles. The predicted molar refractivity (Wildman–Crippen MR) is 85.9 cm³/mol. The van der Waals surface area contributed by atoms with Crippen LogP contribution >= 0.6 is 0 Å². The molecule has 0 spiro atoms. The maximum atomic E-state index is 12.3. The molecule has 132 valence electrons. The molecule has 0 aromatic heterocycles. The van der Waals surface area contributed by atoms with E-state index < -0.39 is 22.0 Å². The Morgan fingerprint density at radius 1 is 1.36 bits per heavy atom. The molecule has 0 fully saturated rings. The predicted octanol–water partition coefficient (Wildman–Crippen LogP) is 1.21. The summed E-state index contributed by atoms with van der Waals surface area (Å²) in [7, 11) is 0. The van der Waals surface area contributed by atoms with E-state index in [4.69, 9.17) is 4.74 Å². The molecule has 1 aromatic rings. The van der Waals surface area contributed by atoms with Gasteiger partial charge in [0, 0.05) is 17.8 Å². The van der Waals surface area contributed by atoms with Crippen LogP contribution in [0.4, 0.5) is 5.69 Å². The molecule has 0 amide bonds. The summed E-state index contributed by atoms with van der Waals surface area (Å²) in [5, 5.41) is 29.2. The molecule has 1 aliphatic rings. The number of hydrogen-bond acceptors (Lipinski definition) is 6. The summed E-state index contributed by atoms with van der Waals surface area (Å²) in [6, 6.07) is 4.71. The van der Waals surface area contributed by atoms with Crippen molar-refractivity contribution in [3.8, 4) is 0 Å². The number of nitrogens with zero attached hydrogens (tertiary/aromatic N) is 3. The van der Waals surface area contributed by atoms with Crippen molar-refractivity contribution in [2.75, 3.05) is 6.61 Å². The lowest BCUT2D eigenvalue weighted by atomic mass is 9.95. The number of carbonyl (C=O) groups excluding carboxylic acids is 1. The van der Waals surface area contributed by atoms with E-state index in [2.05, 4.69) is 15.7 Å². The average Bonchev–Trinajstić information content (AvgIpc) is 2.53. The summed E-state index contributed by atoms with van der Waals surface area (Å²) in [6.07, 6.45) is 0. The fourth-order valence-corrected chi connectivity index (χ4v) is 2.39. The maximum absolute atomic E-state index is 12.3. The zero-order valence-corrected chi connectivity index (χ0v) is 13.4. The highest BCUT2D eigenvalue weighted by Crippen LogP contribution is 2.29. The average molecular weight is 349 g/mol. The van der Waals surface area contributed by atoms with Gasteiger partial charge in [-0.05, 0) is 19.4 Å². The smallest absolute Gasteiger partial charge is 0.338 e. The van der Waals surface area contributed by atoms with E-state index in [9.17, 15) is 25.0 Å². The quantitative estimate of drug-likeness (QED) is 0.457. The zero-order chi connectivity index (χ0) is 18.6. The van der Waals surface area contributed by atoms with Crippen molar-refractivity contribution in [3.63, 3.8) is 0 Å². The Morgan fingerprint density at radius 3 is 2.68 bits per heavy atom. The number of allylic oxidation sites excluding steroid dienone is 1. The molecular weight excluding hydrogens is 334 g/mol.